The van der Waals surface area contributed by atoms with E-state index in [-0.39, 0.29) is 18.0 Å². The predicted molar refractivity (Wildman–Crippen MR) is 76.9 cm³/mol. The Hall–Kier alpha value is -1.38. The molecule has 1 aliphatic rings. The SMILES string of the molecule is CC1CCC(C(=O)c2ccc(Cl)c3ccccc23)O1. The summed E-state index contributed by atoms with van der Waals surface area (Å²) in [6, 6.07) is 11.3. The van der Waals surface area contributed by atoms with Crippen LogP contribution in [0.3, 0.4) is 0 Å². The van der Waals surface area contributed by atoms with E-state index >= 15 is 0 Å². The molecule has 1 fully saturated rings. The third kappa shape index (κ3) is 2.26. The van der Waals surface area contributed by atoms with Crippen molar-refractivity contribution in [2.75, 3.05) is 0 Å². The molecule has 1 heterocycles. The largest absolute Gasteiger partial charge is 0.367 e. The monoisotopic (exact) mass is 274 g/mol. The first-order valence-corrected chi connectivity index (χ1v) is 6.91. The third-order valence-corrected chi connectivity index (χ3v) is 3.99. The molecule has 1 saturated heterocycles. The second kappa shape index (κ2) is 4.95. The van der Waals surface area contributed by atoms with E-state index in [1.165, 1.54) is 0 Å². The van der Waals surface area contributed by atoms with Crippen LogP contribution in [0, 0.1) is 0 Å². The molecule has 2 unspecified atom stereocenters. The van der Waals surface area contributed by atoms with Crippen molar-refractivity contribution in [2.45, 2.75) is 32.0 Å². The Morgan fingerprint density at radius 2 is 1.89 bits per heavy atom. The van der Waals surface area contributed by atoms with Gasteiger partial charge in [0.1, 0.15) is 6.10 Å². The number of ether oxygens (including phenoxy) is 1. The normalized spacial score (nSPS) is 22.8. The van der Waals surface area contributed by atoms with Crippen LogP contribution in [0.2, 0.25) is 5.02 Å². The summed E-state index contributed by atoms with van der Waals surface area (Å²) >= 11 is 6.17. The minimum absolute atomic E-state index is 0.0669. The number of hydrogen-bond donors (Lipinski definition) is 0. The van der Waals surface area contributed by atoms with Gasteiger partial charge in [-0.15, -0.1) is 0 Å². The van der Waals surface area contributed by atoms with Crippen molar-refractivity contribution < 1.29 is 9.53 Å². The molecule has 0 bridgehead atoms. The number of rotatable bonds is 2. The van der Waals surface area contributed by atoms with Gasteiger partial charge in [0.2, 0.25) is 0 Å². The lowest BCUT2D eigenvalue weighted by Crippen LogP contribution is -2.21. The Bertz CT molecular complexity index is 636. The number of benzene rings is 2. The second-order valence-electron chi connectivity index (χ2n) is 5.02. The summed E-state index contributed by atoms with van der Waals surface area (Å²) < 4.78 is 5.67. The number of carbonyl (C=O) groups excluding carboxylic acids is 1. The summed E-state index contributed by atoms with van der Waals surface area (Å²) in [4.78, 5) is 12.5. The number of halogens is 1. The van der Waals surface area contributed by atoms with Gasteiger partial charge in [0.25, 0.3) is 0 Å². The fraction of sp³-hybridized carbons (Fsp3) is 0.312. The number of carbonyl (C=O) groups is 1. The fourth-order valence-electron chi connectivity index (χ4n) is 2.65. The predicted octanol–water partition coefficient (Wildman–Crippen LogP) is 4.24. The zero-order valence-electron chi connectivity index (χ0n) is 10.7. The summed E-state index contributed by atoms with van der Waals surface area (Å²) in [6.07, 6.45) is 1.62. The Morgan fingerprint density at radius 1 is 1.16 bits per heavy atom. The Morgan fingerprint density at radius 3 is 2.58 bits per heavy atom. The van der Waals surface area contributed by atoms with Crippen molar-refractivity contribution in [1.82, 2.24) is 0 Å². The number of fused-ring (bicyclic) bond motifs is 1. The molecule has 2 nitrogen and oxygen atoms in total. The maximum Gasteiger partial charge on any atom is 0.192 e. The molecule has 2 aromatic rings. The van der Waals surface area contributed by atoms with Gasteiger partial charge in [-0.2, -0.15) is 0 Å². The molecule has 0 N–H and O–H groups in total. The van der Waals surface area contributed by atoms with Gasteiger partial charge in [-0.05, 0) is 37.3 Å². The molecule has 3 rings (SSSR count). The van der Waals surface area contributed by atoms with E-state index in [4.69, 9.17) is 16.3 Å². The van der Waals surface area contributed by atoms with Crippen LogP contribution in [-0.2, 0) is 4.74 Å². The molecule has 0 radical (unpaired) electrons. The van der Waals surface area contributed by atoms with E-state index in [2.05, 4.69) is 0 Å². The lowest BCUT2D eigenvalue weighted by Gasteiger charge is -2.12. The van der Waals surface area contributed by atoms with Crippen LogP contribution in [0.4, 0.5) is 0 Å². The van der Waals surface area contributed by atoms with Crippen molar-refractivity contribution >= 4 is 28.2 Å². The van der Waals surface area contributed by atoms with Crippen LogP contribution in [0.15, 0.2) is 36.4 Å². The van der Waals surface area contributed by atoms with E-state index < -0.39 is 0 Å². The molecule has 1 aliphatic heterocycles. The third-order valence-electron chi connectivity index (χ3n) is 3.66. The molecule has 0 saturated carbocycles. The minimum Gasteiger partial charge on any atom is -0.367 e. The molecular weight excluding hydrogens is 260 g/mol. The van der Waals surface area contributed by atoms with Crippen molar-refractivity contribution in [2.24, 2.45) is 0 Å². The summed E-state index contributed by atoms with van der Waals surface area (Å²) in [6.45, 7) is 2.01. The lowest BCUT2D eigenvalue weighted by atomic mass is 9.97. The molecule has 0 amide bonds. The highest BCUT2D eigenvalue weighted by molar-refractivity contribution is 6.36. The van der Waals surface area contributed by atoms with Gasteiger partial charge in [0, 0.05) is 16.0 Å². The molecule has 19 heavy (non-hydrogen) atoms. The van der Waals surface area contributed by atoms with Gasteiger partial charge < -0.3 is 4.74 Å². The van der Waals surface area contributed by atoms with Crippen molar-refractivity contribution in [3.63, 3.8) is 0 Å². The van der Waals surface area contributed by atoms with Crippen LogP contribution < -0.4 is 0 Å². The number of Topliss-reactive ketones (excluding diaryl/α,β-unsaturated/α-hetero) is 1. The van der Waals surface area contributed by atoms with E-state index in [1.807, 2.05) is 31.2 Å². The maximum absolute atomic E-state index is 12.5. The molecule has 98 valence electrons. The van der Waals surface area contributed by atoms with E-state index in [9.17, 15) is 4.79 Å². The second-order valence-corrected chi connectivity index (χ2v) is 5.42. The number of ketones is 1. The quantitative estimate of drug-likeness (QED) is 0.766. The first-order chi connectivity index (χ1) is 9.16. The summed E-state index contributed by atoms with van der Waals surface area (Å²) in [5.41, 5.74) is 0.708. The highest BCUT2D eigenvalue weighted by atomic mass is 35.5. The van der Waals surface area contributed by atoms with Crippen molar-refractivity contribution in [1.29, 1.82) is 0 Å². The van der Waals surface area contributed by atoms with Crippen molar-refractivity contribution in [3.05, 3.63) is 47.0 Å². The maximum atomic E-state index is 12.5. The topological polar surface area (TPSA) is 26.3 Å². The highest BCUT2D eigenvalue weighted by Gasteiger charge is 2.29. The van der Waals surface area contributed by atoms with Crippen LogP contribution in [0.25, 0.3) is 10.8 Å². The molecule has 2 atom stereocenters. The van der Waals surface area contributed by atoms with Gasteiger partial charge in [-0.25, -0.2) is 0 Å². The number of hydrogen-bond acceptors (Lipinski definition) is 2. The molecule has 3 heteroatoms. The Balaban J connectivity index is 2.06. The zero-order valence-corrected chi connectivity index (χ0v) is 11.5. The average molecular weight is 275 g/mol. The molecule has 0 aliphatic carbocycles. The Labute approximate surface area is 117 Å². The lowest BCUT2D eigenvalue weighted by molar-refractivity contribution is 0.0435. The van der Waals surface area contributed by atoms with Gasteiger partial charge in [0.15, 0.2) is 5.78 Å². The summed E-state index contributed by atoms with van der Waals surface area (Å²) in [5.74, 6) is 0.0669. The molecule has 0 spiro atoms. The average Bonchev–Trinajstić information content (AvgIpc) is 2.86. The fourth-order valence-corrected chi connectivity index (χ4v) is 2.87. The van der Waals surface area contributed by atoms with Crippen LogP contribution in [0.5, 0.6) is 0 Å². The standard InChI is InChI=1S/C16H15ClO2/c1-10-6-9-15(19-10)16(18)13-7-8-14(17)12-5-3-2-4-11(12)13/h2-5,7-8,10,15H,6,9H2,1H3. The van der Waals surface area contributed by atoms with Gasteiger partial charge in [-0.3, -0.25) is 4.79 Å². The van der Waals surface area contributed by atoms with Crippen LogP contribution in [-0.4, -0.2) is 18.0 Å². The summed E-state index contributed by atoms with van der Waals surface area (Å²) in [5, 5.41) is 2.50. The minimum atomic E-state index is -0.306. The Kier molecular flexibility index (Phi) is 3.29. The van der Waals surface area contributed by atoms with Crippen LogP contribution in [0.1, 0.15) is 30.1 Å². The van der Waals surface area contributed by atoms with Crippen LogP contribution >= 0.6 is 11.6 Å². The molecule has 0 aromatic heterocycles. The molecular formula is C16H15ClO2. The van der Waals surface area contributed by atoms with Gasteiger partial charge in [0.05, 0.1) is 6.10 Å². The summed E-state index contributed by atoms with van der Waals surface area (Å²) in [7, 11) is 0. The zero-order chi connectivity index (χ0) is 13.4. The van der Waals surface area contributed by atoms with E-state index in [0.717, 1.165) is 23.6 Å². The highest BCUT2D eigenvalue weighted by Crippen LogP contribution is 2.30. The molecule has 2 aromatic carbocycles. The van der Waals surface area contributed by atoms with Crippen molar-refractivity contribution in [3.8, 4) is 0 Å². The first-order valence-electron chi connectivity index (χ1n) is 6.54. The van der Waals surface area contributed by atoms with E-state index in [1.54, 1.807) is 12.1 Å². The van der Waals surface area contributed by atoms with Gasteiger partial charge >= 0.3 is 0 Å². The van der Waals surface area contributed by atoms with Gasteiger partial charge in [-0.1, -0.05) is 35.9 Å². The smallest absolute Gasteiger partial charge is 0.192 e. The van der Waals surface area contributed by atoms with E-state index in [0.29, 0.717) is 10.6 Å². The first kappa shape index (κ1) is 12.6.